The van der Waals surface area contributed by atoms with Crippen LogP contribution in [-0.2, 0) is 17.9 Å². The van der Waals surface area contributed by atoms with Crippen LogP contribution < -0.4 is 10.6 Å². The predicted octanol–water partition coefficient (Wildman–Crippen LogP) is 1.95. The van der Waals surface area contributed by atoms with Gasteiger partial charge in [0.2, 0.25) is 5.91 Å². The highest BCUT2D eigenvalue weighted by atomic mass is 16.2. The van der Waals surface area contributed by atoms with Crippen LogP contribution in [-0.4, -0.2) is 53.5 Å². The molecule has 2 aromatic rings. The molecule has 0 bridgehead atoms. The second-order valence-electron chi connectivity index (χ2n) is 7.35. The average Bonchev–Trinajstić information content (AvgIpc) is 2.93. The molecular formula is C22H29N5O2. The van der Waals surface area contributed by atoms with E-state index in [2.05, 4.69) is 45.2 Å². The van der Waals surface area contributed by atoms with E-state index in [1.54, 1.807) is 7.05 Å². The molecule has 2 amide bonds. The van der Waals surface area contributed by atoms with E-state index in [0.29, 0.717) is 12.2 Å². The van der Waals surface area contributed by atoms with Gasteiger partial charge in [0.25, 0.3) is 5.91 Å². The zero-order valence-corrected chi connectivity index (χ0v) is 17.6. The molecule has 3 rings (SSSR count). The molecule has 7 nitrogen and oxygen atoms in total. The summed E-state index contributed by atoms with van der Waals surface area (Å²) in [5.74, 6) is 0.242. The van der Waals surface area contributed by atoms with Crippen LogP contribution in [0.5, 0.6) is 0 Å². The first kappa shape index (κ1) is 20.8. The summed E-state index contributed by atoms with van der Waals surface area (Å²) in [6, 6.07) is 8.20. The van der Waals surface area contributed by atoms with Gasteiger partial charge in [0.05, 0.1) is 12.2 Å². The van der Waals surface area contributed by atoms with Crippen molar-refractivity contribution in [2.45, 2.75) is 33.4 Å². The third-order valence-electron chi connectivity index (χ3n) is 5.28. The van der Waals surface area contributed by atoms with Crippen molar-refractivity contribution in [1.29, 1.82) is 0 Å². The first-order valence-corrected chi connectivity index (χ1v) is 9.95. The van der Waals surface area contributed by atoms with Crippen LogP contribution in [0.1, 0.15) is 46.5 Å². The van der Waals surface area contributed by atoms with Gasteiger partial charge in [0, 0.05) is 25.7 Å². The van der Waals surface area contributed by atoms with Gasteiger partial charge >= 0.3 is 0 Å². The summed E-state index contributed by atoms with van der Waals surface area (Å²) in [6.45, 7) is 6.40. The molecule has 2 N–H and O–H groups in total. The summed E-state index contributed by atoms with van der Waals surface area (Å²) in [7, 11) is 3.59. The van der Waals surface area contributed by atoms with Crippen molar-refractivity contribution in [2.24, 2.45) is 0 Å². The van der Waals surface area contributed by atoms with Crippen molar-refractivity contribution in [1.82, 2.24) is 25.1 Å². The molecular weight excluding hydrogens is 366 g/mol. The Balaban J connectivity index is 2.07. The third kappa shape index (κ3) is 4.40. The van der Waals surface area contributed by atoms with Gasteiger partial charge in [0.15, 0.2) is 5.69 Å². The highest BCUT2D eigenvalue weighted by Gasteiger charge is 2.27. The van der Waals surface area contributed by atoms with Crippen molar-refractivity contribution in [2.75, 3.05) is 27.2 Å². The number of carbonyl (C=O) groups is 2. The molecule has 0 aliphatic carbocycles. The van der Waals surface area contributed by atoms with E-state index in [9.17, 15) is 9.59 Å². The van der Waals surface area contributed by atoms with Crippen LogP contribution in [0, 0.1) is 6.92 Å². The number of fused-ring (bicyclic) bond motifs is 1. The van der Waals surface area contributed by atoms with Crippen LogP contribution in [0.25, 0.3) is 5.57 Å². The number of aryl methyl sites for hydroxylation is 1. The molecule has 1 aromatic heterocycles. The standard InChI is InChI=1S/C22H29N5O2/c1-5-16(17-10-7-6-9-15(17)2)21-25-20(22(29)24-13-19(28)23-3)18-14-26(4)11-8-12-27(18)21/h5-7,9-10H,8,11-14H2,1-4H3,(H,23,28)(H,24,29)/b16-5+. The Hall–Kier alpha value is -2.93. The summed E-state index contributed by atoms with van der Waals surface area (Å²) < 4.78 is 2.17. The summed E-state index contributed by atoms with van der Waals surface area (Å²) in [5, 5.41) is 5.21. The lowest BCUT2D eigenvalue weighted by Gasteiger charge is -2.14. The van der Waals surface area contributed by atoms with Crippen molar-refractivity contribution in [3.63, 3.8) is 0 Å². The van der Waals surface area contributed by atoms with Gasteiger partial charge in [-0.15, -0.1) is 0 Å². The van der Waals surface area contributed by atoms with Gasteiger partial charge in [-0.3, -0.25) is 9.59 Å². The Kier molecular flexibility index (Phi) is 6.49. The second kappa shape index (κ2) is 9.05. The van der Waals surface area contributed by atoms with Gasteiger partial charge in [0.1, 0.15) is 5.82 Å². The largest absolute Gasteiger partial charge is 0.358 e. The number of benzene rings is 1. The van der Waals surface area contributed by atoms with Gasteiger partial charge < -0.3 is 20.1 Å². The molecule has 1 aromatic carbocycles. The number of aromatic nitrogens is 2. The van der Waals surface area contributed by atoms with E-state index in [-0.39, 0.29) is 18.4 Å². The van der Waals surface area contributed by atoms with Crippen LogP contribution in [0.15, 0.2) is 30.3 Å². The first-order chi connectivity index (χ1) is 14.0. The van der Waals surface area contributed by atoms with Crippen molar-refractivity contribution >= 4 is 17.4 Å². The Bertz CT molecular complexity index is 945. The molecule has 0 radical (unpaired) electrons. The van der Waals surface area contributed by atoms with E-state index < -0.39 is 0 Å². The highest BCUT2D eigenvalue weighted by Crippen LogP contribution is 2.29. The predicted molar refractivity (Wildman–Crippen MR) is 114 cm³/mol. The average molecular weight is 396 g/mol. The number of likely N-dealkylation sites (N-methyl/N-ethyl adjacent to an activating group) is 1. The van der Waals surface area contributed by atoms with E-state index in [1.165, 1.54) is 0 Å². The van der Waals surface area contributed by atoms with E-state index in [0.717, 1.165) is 47.7 Å². The molecule has 1 aliphatic rings. The molecule has 0 fully saturated rings. The van der Waals surface area contributed by atoms with Gasteiger partial charge in [-0.25, -0.2) is 4.98 Å². The Morgan fingerprint density at radius 1 is 1.24 bits per heavy atom. The summed E-state index contributed by atoms with van der Waals surface area (Å²) in [5.41, 5.74) is 4.57. The number of hydrogen-bond acceptors (Lipinski definition) is 4. The molecule has 0 saturated carbocycles. The monoisotopic (exact) mass is 395 g/mol. The topological polar surface area (TPSA) is 79.3 Å². The van der Waals surface area contributed by atoms with Crippen molar-refractivity contribution < 1.29 is 9.59 Å². The minimum atomic E-state index is -0.320. The smallest absolute Gasteiger partial charge is 0.272 e. The van der Waals surface area contributed by atoms with E-state index in [4.69, 9.17) is 4.98 Å². The van der Waals surface area contributed by atoms with Gasteiger partial charge in [-0.1, -0.05) is 30.3 Å². The maximum absolute atomic E-state index is 12.9. The summed E-state index contributed by atoms with van der Waals surface area (Å²) >= 11 is 0. The molecule has 0 spiro atoms. The first-order valence-electron chi connectivity index (χ1n) is 9.95. The molecule has 0 atom stereocenters. The van der Waals surface area contributed by atoms with Crippen LogP contribution in [0.3, 0.4) is 0 Å². The molecule has 1 aliphatic heterocycles. The molecule has 0 saturated heterocycles. The fourth-order valence-corrected chi connectivity index (χ4v) is 3.72. The number of carbonyl (C=O) groups excluding carboxylic acids is 2. The molecule has 2 heterocycles. The SMILES string of the molecule is C/C=C(\c1ccccc1C)c1nc(C(=O)NCC(=O)NC)c2n1CCCN(C)C2. The number of amides is 2. The maximum atomic E-state index is 12.9. The van der Waals surface area contributed by atoms with E-state index >= 15 is 0 Å². The Morgan fingerprint density at radius 3 is 2.69 bits per heavy atom. The van der Waals surface area contributed by atoms with Crippen LogP contribution in [0.2, 0.25) is 0 Å². The zero-order chi connectivity index (χ0) is 21.0. The minimum absolute atomic E-state index is 0.0684. The molecule has 154 valence electrons. The lowest BCUT2D eigenvalue weighted by atomic mass is 10.00. The number of nitrogens with one attached hydrogen (secondary N) is 2. The van der Waals surface area contributed by atoms with Crippen molar-refractivity contribution in [3.05, 3.63) is 58.7 Å². The fraction of sp³-hybridized carbons (Fsp3) is 0.409. The quantitative estimate of drug-likeness (QED) is 0.811. The summed E-state index contributed by atoms with van der Waals surface area (Å²) in [4.78, 5) is 31.4. The lowest BCUT2D eigenvalue weighted by Crippen LogP contribution is -2.36. The normalized spacial score (nSPS) is 14.8. The molecule has 0 unspecified atom stereocenters. The number of hydrogen-bond donors (Lipinski definition) is 2. The zero-order valence-electron chi connectivity index (χ0n) is 17.6. The lowest BCUT2D eigenvalue weighted by molar-refractivity contribution is -0.119. The minimum Gasteiger partial charge on any atom is -0.358 e. The maximum Gasteiger partial charge on any atom is 0.272 e. The number of nitrogens with zero attached hydrogens (tertiary/aromatic N) is 3. The Labute approximate surface area is 171 Å². The van der Waals surface area contributed by atoms with E-state index in [1.807, 2.05) is 26.1 Å². The highest BCUT2D eigenvalue weighted by molar-refractivity contribution is 5.96. The number of allylic oxidation sites excluding steroid dienone is 1. The molecule has 7 heteroatoms. The van der Waals surface area contributed by atoms with Crippen molar-refractivity contribution in [3.8, 4) is 0 Å². The molecule has 29 heavy (non-hydrogen) atoms. The summed E-state index contributed by atoms with van der Waals surface area (Å²) in [6.07, 6.45) is 3.04. The van der Waals surface area contributed by atoms with Crippen LogP contribution >= 0.6 is 0 Å². The third-order valence-corrected chi connectivity index (χ3v) is 5.28. The van der Waals surface area contributed by atoms with Crippen LogP contribution in [0.4, 0.5) is 0 Å². The van der Waals surface area contributed by atoms with Gasteiger partial charge in [-0.05, 0) is 45.0 Å². The fourth-order valence-electron chi connectivity index (χ4n) is 3.72. The van der Waals surface area contributed by atoms with Gasteiger partial charge in [-0.2, -0.15) is 0 Å². The number of imidazole rings is 1. The second-order valence-corrected chi connectivity index (χ2v) is 7.35. The number of rotatable bonds is 5. The Morgan fingerprint density at radius 2 is 2.00 bits per heavy atom.